The lowest BCUT2D eigenvalue weighted by molar-refractivity contribution is -0.122. The molecule has 0 atom stereocenters. The molecule has 4 saturated carbocycles. The number of benzene rings is 1. The van der Waals surface area contributed by atoms with Crippen LogP contribution >= 0.6 is 0 Å². The van der Waals surface area contributed by atoms with Gasteiger partial charge in [-0.05, 0) is 80.1 Å². The molecule has 4 aliphatic carbocycles. The van der Waals surface area contributed by atoms with Gasteiger partial charge in [-0.3, -0.25) is 4.79 Å². The highest BCUT2D eigenvalue weighted by molar-refractivity contribution is 5.92. The van der Waals surface area contributed by atoms with E-state index in [1.165, 1.54) is 38.5 Å². The fraction of sp³-hybridized carbons (Fsp3) is 0.550. The monoisotopic (exact) mass is 311 g/mol. The van der Waals surface area contributed by atoms with Crippen LogP contribution < -0.4 is 10.1 Å². The number of amides is 1. The Labute approximate surface area is 138 Å². The van der Waals surface area contributed by atoms with Gasteiger partial charge in [-0.25, -0.2) is 0 Å². The van der Waals surface area contributed by atoms with E-state index in [9.17, 15) is 4.79 Å². The summed E-state index contributed by atoms with van der Waals surface area (Å²) in [5.74, 6) is 3.45. The third kappa shape index (κ3) is 3.01. The first kappa shape index (κ1) is 14.8. The van der Waals surface area contributed by atoms with Crippen LogP contribution in [0.25, 0.3) is 6.08 Å². The fourth-order valence-electron chi connectivity index (χ4n) is 5.45. The van der Waals surface area contributed by atoms with Crippen molar-refractivity contribution in [2.24, 2.45) is 17.8 Å². The van der Waals surface area contributed by atoms with Crippen LogP contribution in [0.2, 0.25) is 0 Å². The Hall–Kier alpha value is -1.77. The molecule has 4 bridgehead atoms. The molecule has 4 aliphatic rings. The van der Waals surface area contributed by atoms with Crippen LogP contribution in [0.3, 0.4) is 0 Å². The Morgan fingerprint density at radius 1 is 1.09 bits per heavy atom. The van der Waals surface area contributed by atoms with Crippen LogP contribution in [0.15, 0.2) is 30.3 Å². The largest absolute Gasteiger partial charge is 0.497 e. The van der Waals surface area contributed by atoms with Gasteiger partial charge < -0.3 is 10.1 Å². The third-order valence-electron chi connectivity index (χ3n) is 5.97. The highest BCUT2D eigenvalue weighted by Gasteiger charge is 2.51. The van der Waals surface area contributed by atoms with E-state index < -0.39 is 0 Å². The van der Waals surface area contributed by atoms with E-state index in [0.29, 0.717) is 0 Å². The molecule has 1 aromatic carbocycles. The van der Waals surface area contributed by atoms with Gasteiger partial charge in [0, 0.05) is 11.6 Å². The summed E-state index contributed by atoms with van der Waals surface area (Å²) in [6, 6.07) is 7.76. The highest BCUT2D eigenvalue weighted by atomic mass is 16.5. The number of methoxy groups -OCH3 is 1. The van der Waals surface area contributed by atoms with Crippen molar-refractivity contribution in [2.45, 2.75) is 44.1 Å². The maximum Gasteiger partial charge on any atom is 0.244 e. The van der Waals surface area contributed by atoms with Crippen LogP contribution in [-0.4, -0.2) is 18.6 Å². The predicted molar refractivity (Wildman–Crippen MR) is 91.1 cm³/mol. The number of carbonyl (C=O) groups is 1. The average Bonchev–Trinajstić information content (AvgIpc) is 2.51. The number of carbonyl (C=O) groups excluding carboxylic acids is 1. The summed E-state index contributed by atoms with van der Waals surface area (Å²) in [6.07, 6.45) is 11.4. The molecule has 0 aliphatic heterocycles. The summed E-state index contributed by atoms with van der Waals surface area (Å²) in [5, 5.41) is 3.37. The lowest BCUT2D eigenvalue weighted by atomic mass is 9.53. The van der Waals surface area contributed by atoms with Crippen molar-refractivity contribution in [2.75, 3.05) is 7.11 Å². The molecule has 1 amide bonds. The molecule has 0 aromatic heterocycles. The average molecular weight is 311 g/mol. The van der Waals surface area contributed by atoms with Crippen molar-refractivity contribution >= 4 is 12.0 Å². The van der Waals surface area contributed by atoms with Gasteiger partial charge in [-0.15, -0.1) is 0 Å². The van der Waals surface area contributed by atoms with Crippen molar-refractivity contribution in [1.82, 2.24) is 5.32 Å². The molecular weight excluding hydrogens is 286 g/mol. The van der Waals surface area contributed by atoms with Crippen molar-refractivity contribution < 1.29 is 9.53 Å². The molecule has 23 heavy (non-hydrogen) atoms. The topological polar surface area (TPSA) is 38.3 Å². The summed E-state index contributed by atoms with van der Waals surface area (Å²) in [5.41, 5.74) is 1.11. The van der Waals surface area contributed by atoms with E-state index in [1.54, 1.807) is 13.2 Å². The zero-order valence-electron chi connectivity index (χ0n) is 13.8. The van der Waals surface area contributed by atoms with Crippen molar-refractivity contribution in [3.05, 3.63) is 35.9 Å². The standard InChI is InChI=1S/C20H25NO2/c1-23-18-5-2-14(3-6-18)4-7-19(22)21-20-11-15-8-16(12-20)10-17(9-15)13-20/h2-7,15-17H,8-13H2,1H3,(H,21,22)/b7-4+. The van der Waals surface area contributed by atoms with E-state index in [0.717, 1.165) is 29.1 Å². The van der Waals surface area contributed by atoms with Crippen molar-refractivity contribution in [3.8, 4) is 5.75 Å². The first-order valence-corrected chi connectivity index (χ1v) is 8.78. The molecule has 5 rings (SSSR count). The van der Waals surface area contributed by atoms with Gasteiger partial charge >= 0.3 is 0 Å². The second-order valence-corrected chi connectivity index (χ2v) is 7.79. The molecule has 1 aromatic rings. The molecule has 3 nitrogen and oxygen atoms in total. The van der Waals surface area contributed by atoms with E-state index >= 15 is 0 Å². The summed E-state index contributed by atoms with van der Waals surface area (Å²) >= 11 is 0. The van der Waals surface area contributed by atoms with Gasteiger partial charge in [-0.2, -0.15) is 0 Å². The Balaban J connectivity index is 1.40. The van der Waals surface area contributed by atoms with E-state index in [1.807, 2.05) is 30.3 Å². The van der Waals surface area contributed by atoms with Crippen molar-refractivity contribution in [3.63, 3.8) is 0 Å². The number of hydrogen-bond acceptors (Lipinski definition) is 2. The minimum absolute atomic E-state index is 0.0581. The van der Waals surface area contributed by atoms with Gasteiger partial charge in [-0.1, -0.05) is 12.1 Å². The second-order valence-electron chi connectivity index (χ2n) is 7.79. The Kier molecular flexibility index (Phi) is 3.67. The highest BCUT2D eigenvalue weighted by Crippen LogP contribution is 2.55. The number of hydrogen-bond donors (Lipinski definition) is 1. The van der Waals surface area contributed by atoms with Gasteiger partial charge in [0.2, 0.25) is 5.91 Å². The number of ether oxygens (including phenoxy) is 1. The smallest absolute Gasteiger partial charge is 0.244 e. The summed E-state index contributed by atoms with van der Waals surface area (Å²) < 4.78 is 5.15. The second kappa shape index (κ2) is 5.70. The van der Waals surface area contributed by atoms with Gasteiger partial charge in [0.1, 0.15) is 5.75 Å². The van der Waals surface area contributed by atoms with Crippen LogP contribution in [0.4, 0.5) is 0 Å². The number of nitrogens with one attached hydrogen (secondary N) is 1. The van der Waals surface area contributed by atoms with Crippen LogP contribution in [-0.2, 0) is 4.79 Å². The number of rotatable bonds is 4. The molecule has 122 valence electrons. The van der Waals surface area contributed by atoms with Gasteiger partial charge in [0.25, 0.3) is 0 Å². The first-order chi connectivity index (χ1) is 11.1. The summed E-state index contributed by atoms with van der Waals surface area (Å²) in [6.45, 7) is 0. The minimum atomic E-state index is 0.0581. The fourth-order valence-corrected chi connectivity index (χ4v) is 5.45. The molecule has 0 spiro atoms. The van der Waals surface area contributed by atoms with Crippen LogP contribution in [0.1, 0.15) is 44.1 Å². The normalized spacial score (nSPS) is 34.7. The van der Waals surface area contributed by atoms with Crippen LogP contribution in [0.5, 0.6) is 5.75 Å². The Morgan fingerprint density at radius 3 is 2.17 bits per heavy atom. The SMILES string of the molecule is COc1ccc(/C=C/C(=O)NC23CC4CC(CC(C4)C2)C3)cc1. The lowest BCUT2D eigenvalue weighted by Gasteiger charge is -2.56. The summed E-state index contributed by atoms with van der Waals surface area (Å²) in [7, 11) is 1.66. The van der Waals surface area contributed by atoms with Crippen LogP contribution in [0, 0.1) is 17.8 Å². The zero-order valence-corrected chi connectivity index (χ0v) is 13.8. The van der Waals surface area contributed by atoms with Gasteiger partial charge in [0.15, 0.2) is 0 Å². The molecule has 3 heteroatoms. The molecular formula is C20H25NO2. The van der Waals surface area contributed by atoms with Gasteiger partial charge in [0.05, 0.1) is 7.11 Å². The molecule has 0 radical (unpaired) electrons. The maximum atomic E-state index is 12.4. The quantitative estimate of drug-likeness (QED) is 0.859. The van der Waals surface area contributed by atoms with E-state index in [-0.39, 0.29) is 11.4 Å². The Morgan fingerprint density at radius 2 is 1.65 bits per heavy atom. The predicted octanol–water partition coefficient (Wildman–Crippen LogP) is 3.79. The molecule has 0 saturated heterocycles. The first-order valence-electron chi connectivity index (χ1n) is 8.78. The third-order valence-corrected chi connectivity index (χ3v) is 5.97. The molecule has 1 N–H and O–H groups in total. The summed E-state index contributed by atoms with van der Waals surface area (Å²) in [4.78, 5) is 12.4. The van der Waals surface area contributed by atoms with E-state index in [4.69, 9.17) is 4.74 Å². The van der Waals surface area contributed by atoms with Crippen molar-refractivity contribution in [1.29, 1.82) is 0 Å². The molecule has 4 fully saturated rings. The molecule has 0 unspecified atom stereocenters. The van der Waals surface area contributed by atoms with E-state index in [2.05, 4.69) is 5.32 Å². The lowest BCUT2D eigenvalue weighted by Crippen LogP contribution is -2.59. The molecule has 0 heterocycles. The Bertz CT molecular complexity index is 582. The maximum absolute atomic E-state index is 12.4. The zero-order chi connectivity index (χ0) is 15.9. The minimum Gasteiger partial charge on any atom is -0.497 e.